The summed E-state index contributed by atoms with van der Waals surface area (Å²) in [5, 5.41) is 0.793. The number of rotatable bonds is 1. The molecule has 15 heavy (non-hydrogen) atoms. The second-order valence-electron chi connectivity index (χ2n) is 3.15. The molecule has 0 fully saturated rings. The summed E-state index contributed by atoms with van der Waals surface area (Å²) in [7, 11) is 0. The third-order valence-electron chi connectivity index (χ3n) is 2.16. The predicted molar refractivity (Wildman–Crippen MR) is 68.1 cm³/mol. The molecule has 0 bridgehead atoms. The zero-order valence-corrected chi connectivity index (χ0v) is 9.61. The van der Waals surface area contributed by atoms with Crippen LogP contribution in [0.3, 0.4) is 0 Å². The first-order valence-electron chi connectivity index (χ1n) is 4.56. The molecular weight excluding hydrogens is 224 g/mol. The number of terminal acetylenes is 1. The number of hydrogen-bond acceptors (Lipinski definition) is 1. The second-order valence-corrected chi connectivity index (χ2v) is 4.60. The molecule has 0 atom stereocenters. The molecule has 0 N–H and O–H groups in total. The van der Waals surface area contributed by atoms with Crippen LogP contribution in [0.1, 0.15) is 5.56 Å². The molecule has 0 unspecified atom stereocenters. The Morgan fingerprint density at radius 1 is 1.47 bits per heavy atom. The molecule has 1 heterocycles. The zero-order chi connectivity index (χ0) is 10.7. The highest BCUT2D eigenvalue weighted by Gasteiger charge is 2.15. The van der Waals surface area contributed by atoms with E-state index in [2.05, 4.69) is 18.1 Å². The molecule has 1 aromatic carbocycles. The van der Waals surface area contributed by atoms with Gasteiger partial charge in [0, 0.05) is 15.7 Å². The van der Waals surface area contributed by atoms with Gasteiger partial charge in [0.15, 0.2) is 0 Å². The topological polar surface area (TPSA) is 0 Å². The molecule has 1 aliphatic rings. The molecule has 2 heteroatoms. The monoisotopic (exact) mass is 232 g/mol. The van der Waals surface area contributed by atoms with E-state index < -0.39 is 0 Å². The van der Waals surface area contributed by atoms with E-state index in [0.717, 1.165) is 10.8 Å². The van der Waals surface area contributed by atoms with Crippen molar-refractivity contribution in [1.82, 2.24) is 0 Å². The van der Waals surface area contributed by atoms with E-state index in [-0.39, 0.29) is 0 Å². The molecule has 0 saturated heterocycles. The lowest BCUT2D eigenvalue weighted by molar-refractivity contribution is 1.43. The molecule has 0 nitrogen and oxygen atoms in total. The van der Waals surface area contributed by atoms with Crippen LogP contribution in [0.4, 0.5) is 0 Å². The van der Waals surface area contributed by atoms with E-state index in [1.807, 2.05) is 30.0 Å². The summed E-state index contributed by atoms with van der Waals surface area (Å²) in [6.07, 6.45) is 10.8. The molecule has 74 valence electrons. The minimum Gasteiger partial charge on any atom is -0.121 e. The fraction of sp³-hybridized carbons (Fsp3) is 0.0769. The van der Waals surface area contributed by atoms with Crippen molar-refractivity contribution in [3.8, 4) is 12.3 Å². The third-order valence-corrected chi connectivity index (χ3v) is 3.50. The molecule has 0 radical (unpaired) electrons. The fourth-order valence-electron chi connectivity index (χ4n) is 1.47. The van der Waals surface area contributed by atoms with E-state index in [0.29, 0.717) is 0 Å². The van der Waals surface area contributed by atoms with Gasteiger partial charge in [0.2, 0.25) is 0 Å². The van der Waals surface area contributed by atoms with Crippen molar-refractivity contribution in [2.24, 2.45) is 0 Å². The Balaban J connectivity index is 2.33. The summed E-state index contributed by atoms with van der Waals surface area (Å²) in [6, 6.07) is 5.99. The van der Waals surface area contributed by atoms with Crippen LogP contribution in [-0.4, -0.2) is 5.75 Å². The van der Waals surface area contributed by atoms with Gasteiger partial charge in [-0.25, -0.2) is 0 Å². The van der Waals surface area contributed by atoms with Gasteiger partial charge in [0.05, 0.1) is 0 Å². The first-order chi connectivity index (χ1) is 7.31. The van der Waals surface area contributed by atoms with E-state index in [4.69, 9.17) is 18.0 Å². The lowest BCUT2D eigenvalue weighted by Gasteiger charge is -1.98. The van der Waals surface area contributed by atoms with Gasteiger partial charge in [-0.1, -0.05) is 35.7 Å². The molecule has 2 rings (SSSR count). The van der Waals surface area contributed by atoms with Crippen LogP contribution in [0.25, 0.3) is 5.57 Å². The van der Waals surface area contributed by atoms with E-state index >= 15 is 0 Å². The van der Waals surface area contributed by atoms with Crippen LogP contribution in [0, 0.1) is 12.3 Å². The van der Waals surface area contributed by atoms with Crippen LogP contribution in [0.15, 0.2) is 41.3 Å². The lowest BCUT2D eigenvalue weighted by Crippen LogP contribution is -1.79. The Labute approximate surface area is 99.0 Å². The van der Waals surface area contributed by atoms with Gasteiger partial charge in [-0.15, -0.1) is 18.2 Å². The smallest absolute Gasteiger partial charge is 0.0417 e. The zero-order valence-electron chi connectivity index (χ0n) is 8.03. The maximum Gasteiger partial charge on any atom is 0.0417 e. The minimum atomic E-state index is 0.793. The molecule has 1 aliphatic heterocycles. The summed E-state index contributed by atoms with van der Waals surface area (Å²) in [4.78, 5) is 1.25. The van der Waals surface area contributed by atoms with Crippen LogP contribution < -0.4 is 0 Å². The minimum absolute atomic E-state index is 0.793. The van der Waals surface area contributed by atoms with Crippen molar-refractivity contribution in [1.29, 1.82) is 0 Å². The van der Waals surface area contributed by atoms with Crippen molar-refractivity contribution >= 4 is 28.9 Å². The molecule has 1 aromatic rings. The largest absolute Gasteiger partial charge is 0.121 e. The number of fused-ring (bicyclic) bond motifs is 1. The average molecular weight is 233 g/mol. The highest BCUT2D eigenvalue weighted by molar-refractivity contribution is 8.00. The maximum absolute atomic E-state index is 5.92. The molecular formula is C13H9ClS. The first kappa shape index (κ1) is 10.4. The van der Waals surface area contributed by atoms with Gasteiger partial charge in [-0.05, 0) is 29.3 Å². The quantitative estimate of drug-likeness (QED) is 0.659. The maximum atomic E-state index is 5.92. The van der Waals surface area contributed by atoms with Gasteiger partial charge in [-0.2, -0.15) is 0 Å². The highest BCUT2D eigenvalue weighted by atomic mass is 35.5. The van der Waals surface area contributed by atoms with Crippen molar-refractivity contribution in [3.63, 3.8) is 0 Å². The van der Waals surface area contributed by atoms with E-state index in [1.165, 1.54) is 16.0 Å². The van der Waals surface area contributed by atoms with Crippen LogP contribution in [0.2, 0.25) is 5.02 Å². The highest BCUT2D eigenvalue weighted by Crippen LogP contribution is 2.40. The van der Waals surface area contributed by atoms with Crippen molar-refractivity contribution in [3.05, 3.63) is 47.0 Å². The summed E-state index contributed by atoms with van der Waals surface area (Å²) in [6.45, 7) is 0. The van der Waals surface area contributed by atoms with Crippen molar-refractivity contribution in [2.45, 2.75) is 4.90 Å². The van der Waals surface area contributed by atoms with Crippen molar-refractivity contribution in [2.75, 3.05) is 5.75 Å². The molecule has 0 saturated carbocycles. The Morgan fingerprint density at radius 2 is 2.33 bits per heavy atom. The Kier molecular flexibility index (Phi) is 3.20. The Morgan fingerprint density at radius 3 is 3.13 bits per heavy atom. The number of halogens is 1. The van der Waals surface area contributed by atoms with Gasteiger partial charge >= 0.3 is 0 Å². The number of hydrogen-bond donors (Lipinski definition) is 0. The van der Waals surface area contributed by atoms with Gasteiger partial charge in [0.1, 0.15) is 0 Å². The molecule has 0 amide bonds. The van der Waals surface area contributed by atoms with Crippen LogP contribution in [-0.2, 0) is 0 Å². The number of thioether (sulfide) groups is 1. The summed E-state index contributed by atoms with van der Waals surface area (Å²) < 4.78 is 0. The normalized spacial score (nSPS) is 16.9. The second kappa shape index (κ2) is 4.61. The number of benzene rings is 1. The Hall–Kier alpha value is -1.10. The molecule has 0 aliphatic carbocycles. The summed E-state index contributed by atoms with van der Waals surface area (Å²) in [5.74, 6) is 3.46. The van der Waals surface area contributed by atoms with Gasteiger partial charge in [0.25, 0.3) is 0 Å². The number of allylic oxidation sites excluding steroid dienone is 3. The lowest BCUT2D eigenvalue weighted by atomic mass is 10.1. The van der Waals surface area contributed by atoms with Crippen LogP contribution in [0.5, 0.6) is 0 Å². The van der Waals surface area contributed by atoms with E-state index in [1.54, 1.807) is 6.08 Å². The van der Waals surface area contributed by atoms with Gasteiger partial charge in [-0.3, -0.25) is 0 Å². The van der Waals surface area contributed by atoms with Crippen LogP contribution >= 0.6 is 23.4 Å². The standard InChI is InChI=1S/C13H9ClS/c1-2-3-4-5-10-9-15-13-8-11(14)6-7-12(10)13/h1,3-8H,9H2/b4-3-,10-5+. The average Bonchev–Trinajstić information content (AvgIpc) is 2.61. The fourth-order valence-corrected chi connectivity index (χ4v) is 2.84. The molecule has 0 aromatic heterocycles. The SMILES string of the molecule is C#C/C=C\C=C1/CSc2cc(Cl)ccc21. The van der Waals surface area contributed by atoms with E-state index in [9.17, 15) is 0 Å². The molecule has 0 spiro atoms. The van der Waals surface area contributed by atoms with Gasteiger partial charge < -0.3 is 0 Å². The predicted octanol–water partition coefficient (Wildman–Crippen LogP) is 4.02. The Bertz CT molecular complexity index is 478. The summed E-state index contributed by atoms with van der Waals surface area (Å²) in [5.41, 5.74) is 2.57. The first-order valence-corrected chi connectivity index (χ1v) is 5.92. The summed E-state index contributed by atoms with van der Waals surface area (Å²) >= 11 is 7.73. The third kappa shape index (κ3) is 2.28. The van der Waals surface area contributed by atoms with Crippen molar-refractivity contribution < 1.29 is 0 Å².